The number of hydrogen-bond acceptors (Lipinski definition) is 1. The minimum absolute atomic E-state index is 0.550. The molecule has 0 saturated heterocycles. The van der Waals surface area contributed by atoms with Crippen molar-refractivity contribution in [3.8, 4) is 27.9 Å². The van der Waals surface area contributed by atoms with Gasteiger partial charge in [0.2, 0.25) is 0 Å². The Morgan fingerprint density at radius 2 is 0.932 bits per heavy atom. The second-order valence-electron chi connectivity index (χ2n) is 16.0. The minimum Gasteiger partial charge on any atom is -0.310 e. The van der Waals surface area contributed by atoms with Crippen LogP contribution in [0.5, 0.6) is 0 Å². The molecule has 59 heavy (non-hydrogen) atoms. The van der Waals surface area contributed by atoms with Crippen molar-refractivity contribution in [3.05, 3.63) is 241 Å². The van der Waals surface area contributed by atoms with Gasteiger partial charge in [0.15, 0.2) is 0 Å². The van der Waals surface area contributed by atoms with Gasteiger partial charge in [-0.25, -0.2) is 0 Å². The normalized spacial score (nSPS) is 13.2. The molecular weight excluding hydrogens is 713 g/mol. The molecule has 1 aromatic heterocycles. The number of fused-ring (bicyclic) bond motifs is 8. The average Bonchev–Trinajstić information content (AvgIpc) is 3.80. The van der Waals surface area contributed by atoms with Crippen LogP contribution >= 0.6 is 0 Å². The van der Waals surface area contributed by atoms with E-state index in [4.69, 9.17) is 0 Å². The van der Waals surface area contributed by atoms with E-state index in [1.54, 1.807) is 0 Å². The molecule has 0 atom stereocenters. The van der Waals surface area contributed by atoms with Crippen LogP contribution in [-0.4, -0.2) is 4.57 Å². The number of hydrogen-bond donors (Lipinski definition) is 0. The molecule has 274 valence electrons. The summed E-state index contributed by atoms with van der Waals surface area (Å²) in [6, 6.07) is 81.1. The molecule has 1 spiro atoms. The van der Waals surface area contributed by atoms with Gasteiger partial charge >= 0.3 is 0 Å². The summed E-state index contributed by atoms with van der Waals surface area (Å²) < 4.78 is 2.51. The number of benzene rings is 10. The maximum atomic E-state index is 2.53. The van der Waals surface area contributed by atoms with Crippen molar-refractivity contribution in [3.63, 3.8) is 0 Å². The van der Waals surface area contributed by atoms with Gasteiger partial charge in [-0.3, -0.25) is 0 Å². The van der Waals surface area contributed by atoms with Crippen LogP contribution in [0.15, 0.2) is 218 Å². The molecule has 13 rings (SSSR count). The van der Waals surface area contributed by atoms with Crippen molar-refractivity contribution in [1.82, 2.24) is 4.57 Å². The van der Waals surface area contributed by atoms with Crippen molar-refractivity contribution in [2.45, 2.75) is 5.41 Å². The van der Waals surface area contributed by atoms with Crippen LogP contribution in [0.1, 0.15) is 22.3 Å². The fourth-order valence-corrected chi connectivity index (χ4v) is 10.8. The highest BCUT2D eigenvalue weighted by molar-refractivity contribution is 6.27. The quantitative estimate of drug-likeness (QED) is 0.170. The summed E-state index contributed by atoms with van der Waals surface area (Å²) in [7, 11) is 0. The molecule has 2 nitrogen and oxygen atoms in total. The molecule has 0 saturated carbocycles. The van der Waals surface area contributed by atoms with E-state index in [0.717, 1.165) is 22.7 Å². The van der Waals surface area contributed by atoms with E-state index in [9.17, 15) is 0 Å². The number of nitrogens with zero attached hydrogens (tertiary/aromatic N) is 2. The highest BCUT2D eigenvalue weighted by atomic mass is 15.1. The Bertz CT molecular complexity index is 3460. The van der Waals surface area contributed by atoms with E-state index in [-0.39, 0.29) is 0 Å². The number of para-hydroxylation sites is 1. The third kappa shape index (κ3) is 4.40. The topological polar surface area (TPSA) is 8.17 Å². The van der Waals surface area contributed by atoms with Crippen LogP contribution in [0, 0.1) is 0 Å². The van der Waals surface area contributed by atoms with Gasteiger partial charge in [-0.15, -0.1) is 0 Å². The summed E-state index contributed by atoms with van der Waals surface area (Å²) in [4.78, 5) is 2.45. The van der Waals surface area contributed by atoms with Crippen LogP contribution in [0.2, 0.25) is 0 Å². The molecular formula is C57H36N2. The van der Waals surface area contributed by atoms with E-state index in [1.165, 1.54) is 87.9 Å². The van der Waals surface area contributed by atoms with Crippen molar-refractivity contribution >= 4 is 60.4 Å². The molecule has 11 aromatic rings. The van der Waals surface area contributed by atoms with Crippen molar-refractivity contribution in [1.29, 1.82) is 0 Å². The predicted octanol–water partition coefficient (Wildman–Crippen LogP) is 14.9. The van der Waals surface area contributed by atoms with Crippen molar-refractivity contribution < 1.29 is 0 Å². The standard InChI is InChI=1S/C57H36N2/c1-3-15-37(16-4-1)40-19-13-22-43(33-40)59-52-28-14-27-50-55(52)56-53(59)32-30-41-35-45(58(42-20-5-2-6-21-42)44-31-29-38-17-7-8-18-39(38)34-44)36-51(54(41)56)57(50)48-25-11-9-23-46(48)47-24-10-12-26-49(47)57/h1-36H. The third-order valence-corrected chi connectivity index (χ3v) is 13.1. The molecule has 0 radical (unpaired) electrons. The Labute approximate surface area is 342 Å². The molecule has 0 unspecified atom stereocenters. The van der Waals surface area contributed by atoms with Crippen LogP contribution in [-0.2, 0) is 5.41 Å². The summed E-state index contributed by atoms with van der Waals surface area (Å²) in [5.74, 6) is 0. The zero-order chi connectivity index (χ0) is 38.7. The molecule has 0 N–H and O–H groups in total. The van der Waals surface area contributed by atoms with Crippen molar-refractivity contribution in [2.75, 3.05) is 4.90 Å². The van der Waals surface area contributed by atoms with Gasteiger partial charge in [0.05, 0.1) is 16.4 Å². The Morgan fingerprint density at radius 1 is 0.322 bits per heavy atom. The van der Waals surface area contributed by atoms with Crippen LogP contribution in [0.3, 0.4) is 0 Å². The lowest BCUT2D eigenvalue weighted by molar-refractivity contribution is 0.783. The van der Waals surface area contributed by atoms with Gasteiger partial charge in [-0.05, 0) is 127 Å². The molecule has 0 amide bonds. The van der Waals surface area contributed by atoms with Gasteiger partial charge in [-0.2, -0.15) is 0 Å². The lowest BCUT2D eigenvalue weighted by Crippen LogP contribution is -2.31. The second kappa shape index (κ2) is 12.2. The van der Waals surface area contributed by atoms with E-state index in [0.29, 0.717) is 0 Å². The summed E-state index contributed by atoms with van der Waals surface area (Å²) in [6.07, 6.45) is 0. The SMILES string of the molecule is c1ccc(-c2cccc(-n3c4cccc5c4c4c6c(cc(N(c7ccccc7)c7ccc8ccccc8c7)cc6ccc43)C53c4ccccc4-c4ccccc43)c2)cc1. The smallest absolute Gasteiger partial charge is 0.0727 e. The monoisotopic (exact) mass is 748 g/mol. The average molecular weight is 749 g/mol. The highest BCUT2D eigenvalue weighted by Crippen LogP contribution is 2.63. The summed E-state index contributed by atoms with van der Waals surface area (Å²) in [5, 5.41) is 7.67. The minimum atomic E-state index is -0.550. The summed E-state index contributed by atoms with van der Waals surface area (Å²) >= 11 is 0. The molecule has 10 aromatic carbocycles. The van der Waals surface area contributed by atoms with Gasteiger partial charge in [0.25, 0.3) is 0 Å². The van der Waals surface area contributed by atoms with Crippen molar-refractivity contribution in [2.24, 2.45) is 0 Å². The number of rotatable bonds is 5. The number of anilines is 3. The van der Waals surface area contributed by atoms with Gasteiger partial charge in [0, 0.05) is 33.5 Å². The van der Waals surface area contributed by atoms with E-state index >= 15 is 0 Å². The van der Waals surface area contributed by atoms with Crippen LogP contribution in [0.4, 0.5) is 17.1 Å². The molecule has 2 aliphatic rings. The fourth-order valence-electron chi connectivity index (χ4n) is 10.8. The lowest BCUT2D eigenvalue weighted by Gasteiger charge is -2.39. The van der Waals surface area contributed by atoms with E-state index < -0.39 is 5.41 Å². The molecule has 0 fully saturated rings. The lowest BCUT2D eigenvalue weighted by atomic mass is 9.63. The fraction of sp³-hybridized carbons (Fsp3) is 0.0175. The molecule has 0 bridgehead atoms. The van der Waals surface area contributed by atoms with Crippen LogP contribution in [0.25, 0.3) is 71.3 Å². The first-order valence-electron chi connectivity index (χ1n) is 20.5. The summed E-state index contributed by atoms with van der Waals surface area (Å²) in [6.45, 7) is 0. The maximum absolute atomic E-state index is 2.53. The van der Waals surface area contributed by atoms with Gasteiger partial charge in [0.1, 0.15) is 0 Å². The highest BCUT2D eigenvalue weighted by Gasteiger charge is 2.50. The van der Waals surface area contributed by atoms with E-state index in [1.807, 2.05) is 0 Å². The largest absolute Gasteiger partial charge is 0.310 e. The summed E-state index contributed by atoms with van der Waals surface area (Å²) in [5.41, 5.74) is 16.8. The third-order valence-electron chi connectivity index (χ3n) is 13.1. The molecule has 0 aliphatic heterocycles. The van der Waals surface area contributed by atoms with E-state index in [2.05, 4.69) is 228 Å². The number of aromatic nitrogens is 1. The first-order valence-corrected chi connectivity index (χ1v) is 20.5. The molecule has 1 heterocycles. The first-order chi connectivity index (χ1) is 29.3. The Hall–Kier alpha value is -7.68. The zero-order valence-corrected chi connectivity index (χ0v) is 32.2. The maximum Gasteiger partial charge on any atom is 0.0727 e. The van der Waals surface area contributed by atoms with Gasteiger partial charge in [-0.1, -0.05) is 158 Å². The Morgan fingerprint density at radius 3 is 1.73 bits per heavy atom. The van der Waals surface area contributed by atoms with Crippen LogP contribution < -0.4 is 4.90 Å². The van der Waals surface area contributed by atoms with Gasteiger partial charge < -0.3 is 9.47 Å². The first kappa shape index (κ1) is 32.4. The Kier molecular flexibility index (Phi) is 6.68. The predicted molar refractivity (Wildman–Crippen MR) is 247 cm³/mol. The molecule has 2 aliphatic carbocycles. The molecule has 2 heteroatoms. The Balaban J connectivity index is 1.18. The zero-order valence-electron chi connectivity index (χ0n) is 32.2. The second-order valence-corrected chi connectivity index (χ2v) is 16.0.